The predicted octanol–water partition coefficient (Wildman–Crippen LogP) is 1.58. The van der Waals surface area contributed by atoms with Crippen LogP contribution in [0.15, 0.2) is 48.5 Å². The van der Waals surface area contributed by atoms with Gasteiger partial charge in [0.15, 0.2) is 7.14 Å². The Morgan fingerprint density at radius 2 is 0.493 bits per heavy atom. The van der Waals surface area contributed by atoms with Crippen LogP contribution in [0.1, 0.15) is 153 Å². The van der Waals surface area contributed by atoms with Crippen molar-refractivity contribution in [2.45, 2.75) is 155 Å². The molecule has 400 valence electrons. The molecule has 0 aliphatic heterocycles. The van der Waals surface area contributed by atoms with E-state index in [2.05, 4.69) is 62.4 Å². The van der Waals surface area contributed by atoms with Gasteiger partial charge in [0.05, 0.1) is 0 Å². The average Bonchev–Trinajstić information content (AvgIpc) is 3.10. The van der Waals surface area contributed by atoms with Crippen molar-refractivity contribution in [3.63, 3.8) is 0 Å². The van der Waals surface area contributed by atoms with E-state index in [4.69, 9.17) is 58.7 Å². The van der Waals surface area contributed by atoms with E-state index in [0.29, 0.717) is 0 Å². The van der Waals surface area contributed by atoms with E-state index in [1.165, 1.54) is 141 Å². The van der Waals surface area contributed by atoms with Crippen molar-refractivity contribution >= 4 is 121 Å². The van der Waals surface area contributed by atoms with Crippen molar-refractivity contribution in [1.29, 1.82) is 0 Å². The standard InChI is InChI=1S/C36H58I.6FH.12H2O.6O.6Sb/c1-3-5-7-9-11-13-15-17-19-21-27-33-29-23-25-31-35(33)37-36-32-26-24-30-34(36)28-22-20-18-16-14-12-10-8-6-4-2;;;;;;;;;;;;;;;;;;;;;;;;;;;;;;/h23-26,29-32H,3-22,27-28H2,1-2H3;6*1H;12*1H2;;;;;;;;;;;;/q+1;;;;;;;;;;;;;;;;;;;;;;;;;6*+3/p-18. The van der Waals surface area contributed by atoms with E-state index in [9.17, 15) is 16.9 Å². The molecule has 0 aliphatic carbocycles. The van der Waals surface area contributed by atoms with Gasteiger partial charge in [-0.05, 0) is 37.8 Å². The molecule has 0 radical (unpaired) electrons. The topological polar surface area (TPSA) is 345 Å². The molecular weight excluding hydrogens is 1690 g/mol. The van der Waals surface area contributed by atoms with Gasteiger partial charge < -0.3 is 0 Å². The van der Waals surface area contributed by atoms with E-state index < -0.39 is 121 Å². The van der Waals surface area contributed by atoms with Gasteiger partial charge in [0.2, 0.25) is 0 Å². The summed E-state index contributed by atoms with van der Waals surface area (Å²) in [5, 5.41) is 0. The summed E-state index contributed by atoms with van der Waals surface area (Å²) in [7, 11) is 0. The Labute approximate surface area is 434 Å². The second-order valence-electron chi connectivity index (χ2n) is 14.0. The summed E-state index contributed by atoms with van der Waals surface area (Å²) in [5.74, 6) is 0. The number of benzene rings is 2. The van der Waals surface area contributed by atoms with E-state index in [1.54, 1.807) is 18.3 Å². The Bertz CT molecular complexity index is 1510. The van der Waals surface area contributed by atoms with Crippen molar-refractivity contribution < 1.29 is 96.8 Å². The fourth-order valence-electron chi connectivity index (χ4n) is 5.30. The zero-order valence-corrected chi connectivity index (χ0v) is 54.8. The Balaban J connectivity index is -0.000000342. The summed E-state index contributed by atoms with van der Waals surface area (Å²) in [6.45, 7) is 4.61. The summed E-state index contributed by atoms with van der Waals surface area (Å²) in [6, 6.07) is 18.7. The first-order valence-corrected chi connectivity index (χ1v) is 48.6. The Kier molecular flexibility index (Phi) is 54.1. The third-order valence-electron chi connectivity index (χ3n) is 7.72. The summed E-state index contributed by atoms with van der Waals surface area (Å²) < 4.78 is 203. The minimum absolute atomic E-state index is 0.0947. The molecule has 0 saturated heterocycles. The Hall–Kier alpha value is 1.98. The summed E-state index contributed by atoms with van der Waals surface area (Å²) in [4.78, 5) is 0. The van der Waals surface area contributed by atoms with Crippen molar-refractivity contribution in [2.75, 3.05) is 0 Å². The van der Waals surface area contributed by atoms with E-state index in [-0.39, 0.29) is 21.2 Å². The van der Waals surface area contributed by atoms with Gasteiger partial charge in [-0.25, -0.2) is 0 Å². The third kappa shape index (κ3) is 110. The molecule has 0 unspecified atom stereocenters. The number of hydrogen-bond acceptors (Lipinski definition) is 6. The van der Waals surface area contributed by atoms with E-state index in [0.717, 1.165) is 0 Å². The van der Waals surface area contributed by atoms with Crippen LogP contribution in [0.4, 0.5) is 16.9 Å². The summed E-state index contributed by atoms with van der Waals surface area (Å²) >= 11 is -35.2. The van der Waals surface area contributed by atoms with Crippen molar-refractivity contribution in [3.8, 4) is 0 Å². The summed E-state index contributed by atoms with van der Waals surface area (Å²) in [5.41, 5.74) is 3.26. The van der Waals surface area contributed by atoms with Crippen LogP contribution in [-0.4, -0.2) is 162 Å². The molecule has 0 aliphatic rings. The quantitative estimate of drug-likeness (QED) is 0.0307. The molecule has 0 aromatic heterocycles. The molecule has 18 nitrogen and oxygen atoms in total. The molecule has 0 heterocycles. The second-order valence-corrected chi connectivity index (χ2v) is 33.0. The first-order chi connectivity index (χ1) is 30.3. The zero-order valence-electron chi connectivity index (χ0n) is 37.3. The zero-order chi connectivity index (χ0) is 53.2. The molecule has 0 saturated carbocycles. The fraction of sp³-hybridized carbons (Fsp3) is 0.667. The van der Waals surface area contributed by atoms with Gasteiger partial charge in [0, 0.05) is 11.1 Å². The Morgan fingerprint density at radius 1 is 0.328 bits per heavy atom. The molecule has 31 heteroatoms. The SMILES string of the molecule is CCCCCCCCCCCCc1ccccc1[I+]c1ccccc1CCCCCCCCCCCC.[O]=[Sb]([OH])([OH])[F].[O]=[Sb]([OH])([OH])[F].[O]=[Sb]([OH])([OH])[F].[O]=[Sb]([OH])([OH])[F].[O]=[Sb]([OH])([OH])[F].[O]=[Sb]([OH])([OH])[F]. The molecule has 2 aromatic rings. The number of rotatable bonds is 24. The number of halogens is 7. The average molecular weight is 1760 g/mol. The van der Waals surface area contributed by atoms with Crippen LogP contribution in [0.3, 0.4) is 0 Å². The van der Waals surface area contributed by atoms with Crippen LogP contribution < -0.4 is 21.2 Å². The molecule has 0 fully saturated rings. The number of aryl methyl sites for hydroxylation is 2. The molecule has 0 amide bonds. The molecular formula is C36H70F6IO18Sb6+. The van der Waals surface area contributed by atoms with E-state index in [1.807, 2.05) is 0 Å². The van der Waals surface area contributed by atoms with Crippen molar-refractivity contribution in [3.05, 3.63) is 66.8 Å². The summed E-state index contributed by atoms with van der Waals surface area (Å²) in [6.07, 6.45) is 30.9. The maximum atomic E-state index is 10.4. The molecule has 12 N–H and O–H groups in total. The molecule has 2 aromatic carbocycles. The Morgan fingerprint density at radius 3 is 0.687 bits per heavy atom. The molecule has 0 spiro atoms. The maximum absolute atomic E-state index is 10.4. The van der Waals surface area contributed by atoms with Crippen LogP contribution in [0.5, 0.6) is 0 Å². The third-order valence-corrected chi connectivity index (χ3v) is 11.0. The van der Waals surface area contributed by atoms with Gasteiger partial charge in [-0.1, -0.05) is 166 Å². The van der Waals surface area contributed by atoms with Crippen LogP contribution >= 0.6 is 0 Å². The van der Waals surface area contributed by atoms with Gasteiger partial charge in [0.1, 0.15) is 0 Å². The van der Waals surface area contributed by atoms with Crippen molar-refractivity contribution in [2.24, 2.45) is 0 Å². The van der Waals surface area contributed by atoms with Crippen molar-refractivity contribution in [1.82, 2.24) is 0 Å². The first-order valence-electron chi connectivity index (χ1n) is 20.7. The van der Waals surface area contributed by atoms with E-state index >= 15 is 0 Å². The normalized spacial score (nSPS) is 11.5. The number of unbranched alkanes of at least 4 members (excludes halogenated alkanes) is 18. The predicted molar refractivity (Wildman–Crippen MR) is 233 cm³/mol. The van der Waals surface area contributed by atoms with Gasteiger partial charge in [0.25, 0.3) is 0 Å². The molecule has 67 heavy (non-hydrogen) atoms. The van der Waals surface area contributed by atoms with Gasteiger partial charge >= 0.3 is 218 Å². The monoisotopic (exact) mass is 1760 g/mol. The minimum atomic E-state index is -5.85. The van der Waals surface area contributed by atoms with Crippen LogP contribution in [0.25, 0.3) is 0 Å². The van der Waals surface area contributed by atoms with Gasteiger partial charge in [-0.2, -0.15) is 0 Å². The van der Waals surface area contributed by atoms with Crippen LogP contribution in [-0.2, 0) is 30.9 Å². The van der Waals surface area contributed by atoms with Crippen LogP contribution in [0.2, 0.25) is 0 Å². The first kappa shape index (κ1) is 77.9. The second kappa shape index (κ2) is 46.5. The number of hydrogen-bond donors (Lipinski definition) is 12. The molecule has 0 atom stereocenters. The molecule has 2 rings (SSSR count). The van der Waals surface area contributed by atoms with Crippen LogP contribution in [0, 0.1) is 7.14 Å². The van der Waals surface area contributed by atoms with Gasteiger partial charge in [-0.15, -0.1) is 0 Å². The molecule has 0 bridgehead atoms. The van der Waals surface area contributed by atoms with Gasteiger partial charge in [-0.3, -0.25) is 0 Å². The fourth-order valence-corrected chi connectivity index (χ4v) is 8.29.